The van der Waals surface area contributed by atoms with Gasteiger partial charge in [-0.15, -0.1) is 0 Å². The van der Waals surface area contributed by atoms with Gasteiger partial charge in [-0.2, -0.15) is 0 Å². The first-order valence-corrected chi connectivity index (χ1v) is 11.9. The zero-order valence-corrected chi connectivity index (χ0v) is 18.0. The van der Waals surface area contributed by atoms with Crippen LogP contribution in [0.1, 0.15) is 72.1 Å². The van der Waals surface area contributed by atoms with Crippen LogP contribution in [0.5, 0.6) is 0 Å². The molecule has 28 heavy (non-hydrogen) atoms. The Morgan fingerprint density at radius 2 is 1.86 bits per heavy atom. The zero-order valence-electron chi connectivity index (χ0n) is 17.1. The molecule has 0 bridgehead atoms. The molecule has 2 aliphatic rings. The lowest BCUT2D eigenvalue weighted by Crippen LogP contribution is -2.49. The van der Waals surface area contributed by atoms with Crippen molar-refractivity contribution in [3.63, 3.8) is 0 Å². The molecule has 0 aromatic carbocycles. The third kappa shape index (κ3) is 5.90. The number of carbonyl (C=O) groups excluding carboxylic acids is 1. The highest BCUT2D eigenvalue weighted by Gasteiger charge is 2.53. The highest BCUT2D eigenvalue weighted by atomic mass is 32.2. The van der Waals surface area contributed by atoms with Crippen LogP contribution in [0.25, 0.3) is 0 Å². The summed E-state index contributed by atoms with van der Waals surface area (Å²) in [5.74, 6) is -0.944. The molecule has 1 aliphatic carbocycles. The highest BCUT2D eigenvalue weighted by Crippen LogP contribution is 2.38. The average molecular weight is 419 g/mol. The van der Waals surface area contributed by atoms with E-state index in [1.54, 1.807) is 13.8 Å². The molecule has 2 N–H and O–H groups in total. The predicted molar refractivity (Wildman–Crippen MR) is 106 cm³/mol. The molecular formula is C19H34N2O6S. The van der Waals surface area contributed by atoms with E-state index >= 15 is 0 Å². The Hall–Kier alpha value is -1.19. The molecule has 1 aliphatic heterocycles. The molecule has 2 fully saturated rings. The monoisotopic (exact) mass is 418 g/mol. The van der Waals surface area contributed by atoms with Crippen molar-refractivity contribution in [3.05, 3.63) is 0 Å². The van der Waals surface area contributed by atoms with Gasteiger partial charge < -0.3 is 9.84 Å². The summed E-state index contributed by atoms with van der Waals surface area (Å²) in [6.45, 7) is 5.45. The molecule has 8 nitrogen and oxygen atoms in total. The van der Waals surface area contributed by atoms with Crippen LogP contribution in [0.2, 0.25) is 0 Å². The molecule has 0 unspecified atom stereocenters. The lowest BCUT2D eigenvalue weighted by Gasteiger charge is -2.33. The van der Waals surface area contributed by atoms with Crippen LogP contribution < -0.4 is 4.72 Å². The van der Waals surface area contributed by atoms with E-state index in [0.717, 1.165) is 32.1 Å². The lowest BCUT2D eigenvalue weighted by molar-refractivity contribution is -0.133. The largest absolute Gasteiger partial charge is 0.465 e. The number of hydrogen-bond donors (Lipinski definition) is 2. The minimum absolute atomic E-state index is 0.288. The number of rotatable bonds is 9. The third-order valence-electron chi connectivity index (χ3n) is 5.68. The van der Waals surface area contributed by atoms with Crippen LogP contribution in [0.3, 0.4) is 0 Å². The van der Waals surface area contributed by atoms with Crippen LogP contribution in [0, 0.1) is 5.92 Å². The molecule has 0 radical (unpaired) electrons. The van der Waals surface area contributed by atoms with Crippen LogP contribution in [-0.2, 0) is 19.6 Å². The Balaban J connectivity index is 2.16. The number of carboxylic acid groups (broad SMARTS) is 1. The van der Waals surface area contributed by atoms with Gasteiger partial charge in [0, 0.05) is 6.54 Å². The minimum Gasteiger partial charge on any atom is -0.465 e. The fraction of sp³-hybridized carbons (Fsp3) is 0.895. The van der Waals surface area contributed by atoms with Crippen LogP contribution in [0.4, 0.5) is 4.79 Å². The van der Waals surface area contributed by atoms with E-state index in [0.29, 0.717) is 18.8 Å². The maximum Gasteiger partial charge on any atom is 0.409 e. The Bertz CT molecular complexity index is 657. The summed E-state index contributed by atoms with van der Waals surface area (Å²) in [6.07, 6.45) is 5.23. The third-order valence-corrected chi connectivity index (χ3v) is 6.99. The molecule has 0 spiro atoms. The van der Waals surface area contributed by atoms with Gasteiger partial charge in [0.1, 0.15) is 17.6 Å². The topological polar surface area (TPSA) is 113 Å². The van der Waals surface area contributed by atoms with Crippen molar-refractivity contribution < 1.29 is 27.9 Å². The van der Waals surface area contributed by atoms with Gasteiger partial charge >= 0.3 is 6.09 Å². The number of ether oxygens (including phenoxy) is 1. The summed E-state index contributed by atoms with van der Waals surface area (Å²) in [6, 6.07) is -0.658. The summed E-state index contributed by atoms with van der Waals surface area (Å²) >= 11 is 0. The number of carbonyl (C=O) groups is 2. The average Bonchev–Trinajstić information content (AvgIpc) is 2.86. The van der Waals surface area contributed by atoms with Crippen molar-refractivity contribution in [1.29, 1.82) is 0 Å². The first-order chi connectivity index (χ1) is 13.1. The zero-order chi connectivity index (χ0) is 20.9. The highest BCUT2D eigenvalue weighted by molar-refractivity contribution is 7.90. The predicted octanol–water partition coefficient (Wildman–Crippen LogP) is 2.73. The Morgan fingerprint density at radius 1 is 1.21 bits per heavy atom. The number of unbranched alkanes of at least 4 members (excludes halogenated alkanes) is 1. The molecule has 2 rings (SSSR count). The molecule has 1 amide bonds. The maximum atomic E-state index is 12.8. The number of sulfonamides is 1. The van der Waals surface area contributed by atoms with E-state index in [2.05, 4.69) is 4.72 Å². The second-order valence-corrected chi connectivity index (χ2v) is 10.2. The van der Waals surface area contributed by atoms with Gasteiger partial charge in [0.2, 0.25) is 10.0 Å². The van der Waals surface area contributed by atoms with Gasteiger partial charge in [0.25, 0.3) is 0 Å². The molecular weight excluding hydrogens is 384 g/mol. The first kappa shape index (κ1) is 23.1. The van der Waals surface area contributed by atoms with E-state index in [1.165, 1.54) is 11.3 Å². The van der Waals surface area contributed by atoms with Gasteiger partial charge in [-0.25, -0.2) is 17.9 Å². The van der Waals surface area contributed by atoms with Crippen molar-refractivity contribution in [2.45, 2.75) is 90.0 Å². The molecule has 1 saturated heterocycles. The van der Waals surface area contributed by atoms with E-state index in [1.807, 2.05) is 6.92 Å². The number of hydrogen-bond acceptors (Lipinski definition) is 5. The Morgan fingerprint density at radius 3 is 2.43 bits per heavy atom. The van der Waals surface area contributed by atoms with Crippen LogP contribution in [0.15, 0.2) is 0 Å². The van der Waals surface area contributed by atoms with Crippen molar-refractivity contribution in [1.82, 2.24) is 9.62 Å². The van der Waals surface area contributed by atoms with E-state index in [-0.39, 0.29) is 6.54 Å². The quantitative estimate of drug-likeness (QED) is 0.557. The smallest absolute Gasteiger partial charge is 0.409 e. The SMILES string of the molecule is CCCCNS(=O)(=O)CC(=O)[C@@H]1OC(C)(C)N(C(=O)O)[C@H]1CC1CCCCC1. The number of nitrogens with one attached hydrogen (secondary N) is 1. The molecule has 162 valence electrons. The van der Waals surface area contributed by atoms with E-state index in [4.69, 9.17) is 4.74 Å². The van der Waals surface area contributed by atoms with Gasteiger partial charge in [-0.05, 0) is 32.6 Å². The molecule has 1 heterocycles. The van der Waals surface area contributed by atoms with Gasteiger partial charge in [0.05, 0.1) is 6.04 Å². The summed E-state index contributed by atoms with van der Waals surface area (Å²) in [5.41, 5.74) is -1.18. The minimum atomic E-state index is -3.77. The Labute approximate surface area is 168 Å². The molecule has 0 aromatic rings. The first-order valence-electron chi connectivity index (χ1n) is 10.3. The number of ketones is 1. The van der Waals surface area contributed by atoms with E-state index < -0.39 is 45.5 Å². The van der Waals surface area contributed by atoms with Crippen molar-refractivity contribution in [2.24, 2.45) is 5.92 Å². The Kier molecular flexibility index (Phi) is 7.87. The van der Waals surface area contributed by atoms with E-state index in [9.17, 15) is 23.1 Å². The molecule has 2 atom stereocenters. The fourth-order valence-electron chi connectivity index (χ4n) is 4.35. The molecule has 1 saturated carbocycles. The summed E-state index contributed by atoms with van der Waals surface area (Å²) in [5, 5.41) is 9.73. The summed E-state index contributed by atoms with van der Waals surface area (Å²) in [4.78, 5) is 25.9. The second-order valence-electron chi connectivity index (χ2n) is 8.42. The van der Waals surface area contributed by atoms with Crippen molar-refractivity contribution >= 4 is 21.9 Å². The standard InChI is InChI=1S/C19H34N2O6S/c1-4-5-11-20-28(25,26)13-16(22)17-15(12-14-9-7-6-8-10-14)21(18(23)24)19(2,3)27-17/h14-15,17,20H,4-13H2,1-3H3,(H,23,24)/t15-,17+/m0/s1. The number of amides is 1. The van der Waals surface area contributed by atoms with Gasteiger partial charge in [-0.3, -0.25) is 9.69 Å². The fourth-order valence-corrected chi connectivity index (χ4v) is 5.45. The normalized spacial score (nSPS) is 25.8. The van der Waals surface area contributed by atoms with Crippen molar-refractivity contribution in [3.8, 4) is 0 Å². The maximum absolute atomic E-state index is 12.8. The lowest BCUT2D eigenvalue weighted by atomic mass is 9.83. The summed E-state index contributed by atoms with van der Waals surface area (Å²) < 4.78 is 32.7. The van der Waals surface area contributed by atoms with Crippen LogP contribution in [-0.4, -0.2) is 60.5 Å². The van der Waals surface area contributed by atoms with Gasteiger partial charge in [0.15, 0.2) is 5.78 Å². The van der Waals surface area contributed by atoms with Crippen molar-refractivity contribution in [2.75, 3.05) is 12.3 Å². The van der Waals surface area contributed by atoms with Crippen LogP contribution >= 0.6 is 0 Å². The number of nitrogens with zero attached hydrogens (tertiary/aromatic N) is 1. The number of Topliss-reactive ketones (excluding diaryl/α,β-unsaturated/α-hetero) is 1. The molecule has 9 heteroatoms. The molecule has 0 aromatic heterocycles. The second kappa shape index (κ2) is 9.54. The van der Waals surface area contributed by atoms with Gasteiger partial charge in [-0.1, -0.05) is 45.4 Å². The summed E-state index contributed by atoms with van der Waals surface area (Å²) in [7, 11) is -3.77.